The van der Waals surface area contributed by atoms with Crippen molar-refractivity contribution < 1.29 is 4.92 Å². The fourth-order valence-corrected chi connectivity index (χ4v) is 2.30. The van der Waals surface area contributed by atoms with Crippen LogP contribution in [0.25, 0.3) is 22.4 Å². The summed E-state index contributed by atoms with van der Waals surface area (Å²) in [6.07, 6.45) is 5.27. The fourth-order valence-electron chi connectivity index (χ4n) is 2.30. The maximum atomic E-state index is 10.7. The van der Waals surface area contributed by atoms with E-state index in [0.717, 1.165) is 16.3 Å². The van der Waals surface area contributed by atoms with Gasteiger partial charge in [0, 0.05) is 29.9 Å². The molecule has 0 bridgehead atoms. The SMILES string of the molecule is N#C/C(=C/c1ccc2cnccc2c1)c1ccc([N+](=O)[O-])cc1. The number of hydrogen-bond donors (Lipinski definition) is 0. The predicted octanol–water partition coefficient (Wildman–Crippen LogP) is 4.21. The lowest BCUT2D eigenvalue weighted by Gasteiger charge is -2.02. The number of nitro benzene ring substituents is 1. The smallest absolute Gasteiger partial charge is 0.264 e. The molecule has 0 aliphatic rings. The van der Waals surface area contributed by atoms with E-state index in [2.05, 4.69) is 11.1 Å². The van der Waals surface area contributed by atoms with Crippen LogP contribution in [0.15, 0.2) is 60.9 Å². The van der Waals surface area contributed by atoms with Crippen molar-refractivity contribution in [2.45, 2.75) is 0 Å². The van der Waals surface area contributed by atoms with Gasteiger partial charge in [-0.2, -0.15) is 5.26 Å². The summed E-state index contributed by atoms with van der Waals surface area (Å²) in [6, 6.07) is 15.8. The Morgan fingerprint density at radius 1 is 1.13 bits per heavy atom. The van der Waals surface area contributed by atoms with Crippen LogP contribution in [0.2, 0.25) is 0 Å². The van der Waals surface area contributed by atoms with Gasteiger partial charge in [0.05, 0.1) is 16.6 Å². The minimum absolute atomic E-state index is 0.00393. The topological polar surface area (TPSA) is 79.8 Å². The van der Waals surface area contributed by atoms with Gasteiger partial charge in [0.1, 0.15) is 0 Å². The van der Waals surface area contributed by atoms with Crippen LogP contribution in [0.5, 0.6) is 0 Å². The molecule has 0 saturated heterocycles. The minimum Gasteiger partial charge on any atom is -0.264 e. The Labute approximate surface area is 132 Å². The van der Waals surface area contributed by atoms with Gasteiger partial charge in [-0.25, -0.2) is 0 Å². The van der Waals surface area contributed by atoms with Gasteiger partial charge in [-0.05, 0) is 46.9 Å². The van der Waals surface area contributed by atoms with E-state index in [1.165, 1.54) is 12.1 Å². The van der Waals surface area contributed by atoms with E-state index in [0.29, 0.717) is 11.1 Å². The zero-order valence-corrected chi connectivity index (χ0v) is 12.0. The summed E-state index contributed by atoms with van der Waals surface area (Å²) < 4.78 is 0. The van der Waals surface area contributed by atoms with Gasteiger partial charge < -0.3 is 0 Å². The van der Waals surface area contributed by atoms with Gasteiger partial charge in [0.25, 0.3) is 5.69 Å². The summed E-state index contributed by atoms with van der Waals surface area (Å²) in [6.45, 7) is 0. The molecule has 0 N–H and O–H groups in total. The number of aromatic nitrogens is 1. The highest BCUT2D eigenvalue weighted by Gasteiger charge is 2.07. The molecule has 0 saturated carbocycles. The molecule has 3 rings (SSSR count). The van der Waals surface area contributed by atoms with Crippen LogP contribution in [-0.2, 0) is 0 Å². The number of benzene rings is 2. The van der Waals surface area contributed by atoms with Gasteiger partial charge in [0.15, 0.2) is 0 Å². The highest BCUT2D eigenvalue weighted by atomic mass is 16.6. The van der Waals surface area contributed by atoms with E-state index in [1.807, 2.05) is 24.3 Å². The Morgan fingerprint density at radius 3 is 2.61 bits per heavy atom. The van der Waals surface area contributed by atoms with Gasteiger partial charge in [-0.3, -0.25) is 15.1 Å². The molecule has 1 aromatic heterocycles. The molecule has 3 aromatic rings. The summed E-state index contributed by atoms with van der Waals surface area (Å²) in [5.41, 5.74) is 1.99. The average molecular weight is 301 g/mol. The first-order valence-corrected chi connectivity index (χ1v) is 6.88. The van der Waals surface area contributed by atoms with E-state index < -0.39 is 4.92 Å². The number of hydrogen-bond acceptors (Lipinski definition) is 4. The molecule has 0 aliphatic heterocycles. The molecule has 0 fully saturated rings. The quantitative estimate of drug-likeness (QED) is 0.314. The lowest BCUT2D eigenvalue weighted by Crippen LogP contribution is -1.88. The normalized spacial score (nSPS) is 11.2. The van der Waals surface area contributed by atoms with Crippen LogP contribution in [-0.4, -0.2) is 9.91 Å². The number of nitro groups is 1. The summed E-state index contributed by atoms with van der Waals surface area (Å²) in [4.78, 5) is 14.3. The van der Waals surface area contributed by atoms with Crippen molar-refractivity contribution in [1.29, 1.82) is 5.26 Å². The predicted molar refractivity (Wildman–Crippen MR) is 88.3 cm³/mol. The van der Waals surface area contributed by atoms with Crippen molar-refractivity contribution in [3.05, 3.63) is 82.2 Å². The molecule has 1 heterocycles. The monoisotopic (exact) mass is 301 g/mol. The number of fused-ring (bicyclic) bond motifs is 1. The van der Waals surface area contributed by atoms with Crippen LogP contribution < -0.4 is 0 Å². The van der Waals surface area contributed by atoms with Crippen molar-refractivity contribution in [2.75, 3.05) is 0 Å². The minimum atomic E-state index is -0.461. The van der Waals surface area contributed by atoms with Crippen molar-refractivity contribution in [3.8, 4) is 6.07 Å². The lowest BCUT2D eigenvalue weighted by molar-refractivity contribution is -0.384. The van der Waals surface area contributed by atoms with Crippen molar-refractivity contribution >= 4 is 28.1 Å². The second-order valence-corrected chi connectivity index (χ2v) is 4.96. The number of rotatable bonds is 3. The first-order chi connectivity index (χ1) is 11.2. The van der Waals surface area contributed by atoms with Crippen LogP contribution in [0.3, 0.4) is 0 Å². The summed E-state index contributed by atoms with van der Waals surface area (Å²) >= 11 is 0. The number of nitrogens with zero attached hydrogens (tertiary/aromatic N) is 3. The molecule has 23 heavy (non-hydrogen) atoms. The molecule has 2 aromatic carbocycles. The zero-order chi connectivity index (χ0) is 16.2. The molecule has 5 nitrogen and oxygen atoms in total. The third-order valence-corrected chi connectivity index (χ3v) is 3.49. The molecule has 0 amide bonds. The van der Waals surface area contributed by atoms with Crippen molar-refractivity contribution in [1.82, 2.24) is 4.98 Å². The Hall–Kier alpha value is -3.52. The molecular weight excluding hydrogens is 290 g/mol. The van der Waals surface area contributed by atoms with Gasteiger partial charge in [-0.1, -0.05) is 12.1 Å². The molecule has 5 heteroatoms. The highest BCUT2D eigenvalue weighted by Crippen LogP contribution is 2.22. The van der Waals surface area contributed by atoms with E-state index in [4.69, 9.17) is 0 Å². The second kappa shape index (κ2) is 6.08. The number of allylic oxidation sites excluding steroid dienone is 1. The summed E-state index contributed by atoms with van der Waals surface area (Å²) in [5.74, 6) is 0. The number of pyridine rings is 1. The van der Waals surface area contributed by atoms with Gasteiger partial charge in [-0.15, -0.1) is 0 Å². The molecule has 0 spiro atoms. The Bertz CT molecular complexity index is 954. The molecule has 110 valence electrons. The van der Waals surface area contributed by atoms with E-state index in [1.54, 1.807) is 30.6 Å². The number of nitriles is 1. The molecule has 0 unspecified atom stereocenters. The fraction of sp³-hybridized carbons (Fsp3) is 0. The third-order valence-electron chi connectivity index (χ3n) is 3.49. The Kier molecular flexibility index (Phi) is 3.81. The first kappa shape index (κ1) is 14.4. The molecule has 0 aliphatic carbocycles. The van der Waals surface area contributed by atoms with Crippen molar-refractivity contribution in [3.63, 3.8) is 0 Å². The molecule has 0 atom stereocenters. The van der Waals surface area contributed by atoms with Crippen LogP contribution >= 0.6 is 0 Å². The highest BCUT2D eigenvalue weighted by molar-refractivity contribution is 5.92. The van der Waals surface area contributed by atoms with Crippen LogP contribution in [0, 0.1) is 21.4 Å². The van der Waals surface area contributed by atoms with E-state index >= 15 is 0 Å². The maximum absolute atomic E-state index is 10.7. The standard InChI is InChI=1S/C18H11N3O2/c19-11-17(14-3-5-18(6-4-14)21(22)23)10-13-1-2-16-12-20-8-7-15(16)9-13/h1-10,12H/b17-10-. The maximum Gasteiger partial charge on any atom is 0.269 e. The van der Waals surface area contributed by atoms with E-state index in [-0.39, 0.29) is 5.69 Å². The lowest BCUT2D eigenvalue weighted by atomic mass is 10.0. The number of non-ortho nitro benzene ring substituents is 1. The molecular formula is C18H11N3O2. The van der Waals surface area contributed by atoms with Crippen LogP contribution in [0.1, 0.15) is 11.1 Å². The van der Waals surface area contributed by atoms with Gasteiger partial charge >= 0.3 is 0 Å². The zero-order valence-electron chi connectivity index (χ0n) is 12.0. The Morgan fingerprint density at radius 2 is 1.91 bits per heavy atom. The van der Waals surface area contributed by atoms with Gasteiger partial charge in [0.2, 0.25) is 0 Å². The molecule has 0 radical (unpaired) electrons. The first-order valence-electron chi connectivity index (χ1n) is 6.88. The second-order valence-electron chi connectivity index (χ2n) is 4.96. The van der Waals surface area contributed by atoms with E-state index in [9.17, 15) is 15.4 Å². The third kappa shape index (κ3) is 3.06. The van der Waals surface area contributed by atoms with Crippen LogP contribution in [0.4, 0.5) is 5.69 Å². The van der Waals surface area contributed by atoms with Crippen molar-refractivity contribution in [2.24, 2.45) is 0 Å². The summed E-state index contributed by atoms with van der Waals surface area (Å²) in [7, 11) is 0. The Balaban J connectivity index is 2.00. The summed E-state index contributed by atoms with van der Waals surface area (Å²) in [5, 5.41) is 22.1. The average Bonchev–Trinajstić information content (AvgIpc) is 2.59. The largest absolute Gasteiger partial charge is 0.269 e.